The van der Waals surface area contributed by atoms with Crippen LogP contribution in [0.4, 0.5) is 8.78 Å². The molecule has 10 heteroatoms. The Balaban J connectivity index is 1.71. The molecule has 3 aliphatic carbocycles. The molecule has 2 saturated carbocycles. The van der Waals surface area contributed by atoms with Gasteiger partial charge in [-0.1, -0.05) is 13.0 Å². The average Bonchev–Trinajstić information content (AvgIpc) is 2.95. The van der Waals surface area contributed by atoms with Gasteiger partial charge in [-0.3, -0.25) is 4.55 Å². The summed E-state index contributed by atoms with van der Waals surface area (Å²) in [7, 11) is -1.80. The number of hydrogen-bond donors (Lipinski definition) is 1. The van der Waals surface area contributed by atoms with Crippen molar-refractivity contribution in [3.05, 3.63) is 29.1 Å². The fourth-order valence-electron chi connectivity index (χ4n) is 6.35. The van der Waals surface area contributed by atoms with Crippen molar-refractivity contribution in [2.75, 3.05) is 21.0 Å². The van der Waals surface area contributed by atoms with E-state index in [9.17, 15) is 17.4 Å². The van der Waals surface area contributed by atoms with Crippen LogP contribution in [0.3, 0.4) is 0 Å². The molecule has 7 atom stereocenters. The number of alkyl halides is 1. The molecule has 4 rings (SSSR count). The van der Waals surface area contributed by atoms with E-state index in [1.54, 1.807) is 20.1 Å². The molecule has 1 N–H and O–H groups in total. The van der Waals surface area contributed by atoms with Gasteiger partial charge in [-0.25, -0.2) is 13.0 Å². The van der Waals surface area contributed by atoms with Gasteiger partial charge >= 0.3 is 10.4 Å². The zero-order chi connectivity index (χ0) is 22.6. The van der Waals surface area contributed by atoms with Crippen LogP contribution in [0, 0.1) is 23.1 Å². The maximum absolute atomic E-state index is 15.1. The van der Waals surface area contributed by atoms with E-state index in [4.69, 9.17) is 18.4 Å². The summed E-state index contributed by atoms with van der Waals surface area (Å²) in [4.78, 5) is 0. The van der Waals surface area contributed by atoms with Crippen molar-refractivity contribution in [1.82, 2.24) is 0 Å². The fraction of sp³-hybridized carbons (Fsp3) is 0.714. The lowest BCUT2D eigenvalue weighted by Gasteiger charge is -2.53. The van der Waals surface area contributed by atoms with Gasteiger partial charge in [-0.2, -0.15) is 8.42 Å². The lowest BCUT2D eigenvalue weighted by atomic mass is 9.54. The molecule has 0 amide bonds. The van der Waals surface area contributed by atoms with Crippen molar-refractivity contribution in [2.45, 2.75) is 56.9 Å². The molecule has 2 fully saturated rings. The molecule has 0 aromatic heterocycles. The van der Waals surface area contributed by atoms with Crippen LogP contribution >= 0.6 is 0 Å². The van der Waals surface area contributed by atoms with E-state index in [1.807, 2.05) is 6.07 Å². The second-order valence-corrected chi connectivity index (χ2v) is 10.1. The molecule has 174 valence electrons. The van der Waals surface area contributed by atoms with Crippen LogP contribution in [-0.2, 0) is 30.5 Å². The highest BCUT2D eigenvalue weighted by Gasteiger charge is 2.63. The highest BCUT2D eigenvalue weighted by molar-refractivity contribution is 7.80. The van der Waals surface area contributed by atoms with Gasteiger partial charge in [0.15, 0.2) is 18.4 Å². The Kier molecular flexibility index (Phi) is 6.06. The minimum Gasteiger partial charge on any atom is -0.464 e. The van der Waals surface area contributed by atoms with Gasteiger partial charge in [-0.15, -0.1) is 0 Å². The van der Waals surface area contributed by atoms with E-state index in [0.717, 1.165) is 5.56 Å². The summed E-state index contributed by atoms with van der Waals surface area (Å²) in [5.41, 5.74) is 0.553. The summed E-state index contributed by atoms with van der Waals surface area (Å²) in [6, 6.07) is 3.41. The largest absolute Gasteiger partial charge is 0.464 e. The molecule has 1 aromatic carbocycles. The van der Waals surface area contributed by atoms with E-state index in [0.29, 0.717) is 24.8 Å². The van der Waals surface area contributed by atoms with Gasteiger partial charge in [0, 0.05) is 25.6 Å². The SMILES string of the molecule is COCOc1ccc2c(c1F)CC[C@@H]1[C@@H]2[C@@H](OC)C[C@@]2(C)[C@H]1C[C@@H](F)[C@@H]2OS(=O)(=O)O. The summed E-state index contributed by atoms with van der Waals surface area (Å²) in [6.07, 6.45) is -1.68. The highest BCUT2D eigenvalue weighted by atomic mass is 32.3. The first kappa shape index (κ1) is 22.8. The lowest BCUT2D eigenvalue weighted by Crippen LogP contribution is -2.52. The summed E-state index contributed by atoms with van der Waals surface area (Å²) in [6.45, 7) is 1.74. The van der Waals surface area contributed by atoms with Gasteiger partial charge in [0.25, 0.3) is 0 Å². The molecule has 0 bridgehead atoms. The summed E-state index contributed by atoms with van der Waals surface area (Å²) in [5.74, 6) is -0.672. The van der Waals surface area contributed by atoms with E-state index in [2.05, 4.69) is 0 Å². The van der Waals surface area contributed by atoms with Gasteiger partial charge in [0.2, 0.25) is 0 Å². The van der Waals surface area contributed by atoms with Gasteiger partial charge in [-0.05, 0) is 54.7 Å². The smallest absolute Gasteiger partial charge is 0.397 e. The zero-order valence-corrected chi connectivity index (χ0v) is 18.5. The molecule has 0 aliphatic heterocycles. The molecule has 31 heavy (non-hydrogen) atoms. The van der Waals surface area contributed by atoms with Crippen LogP contribution in [-0.4, -0.2) is 52.4 Å². The molecule has 0 saturated heterocycles. The van der Waals surface area contributed by atoms with Crippen LogP contribution in [0.2, 0.25) is 0 Å². The van der Waals surface area contributed by atoms with E-state index in [-0.39, 0.29) is 42.8 Å². The topological polar surface area (TPSA) is 91.3 Å². The van der Waals surface area contributed by atoms with Crippen LogP contribution < -0.4 is 4.74 Å². The van der Waals surface area contributed by atoms with Crippen LogP contribution in [0.15, 0.2) is 12.1 Å². The van der Waals surface area contributed by atoms with E-state index < -0.39 is 33.9 Å². The second kappa shape index (κ2) is 8.22. The number of fused-ring (bicyclic) bond motifs is 5. The van der Waals surface area contributed by atoms with Gasteiger partial charge in [0.1, 0.15) is 12.3 Å². The van der Waals surface area contributed by atoms with Crippen molar-refractivity contribution < 1.29 is 40.1 Å². The van der Waals surface area contributed by atoms with Crippen molar-refractivity contribution in [3.63, 3.8) is 0 Å². The third-order valence-corrected chi connectivity index (χ3v) is 7.97. The summed E-state index contributed by atoms with van der Waals surface area (Å²) < 4.78 is 82.8. The zero-order valence-electron chi connectivity index (χ0n) is 17.7. The second-order valence-electron chi connectivity index (χ2n) is 9.01. The van der Waals surface area contributed by atoms with Gasteiger partial charge < -0.3 is 14.2 Å². The highest BCUT2D eigenvalue weighted by Crippen LogP contribution is 2.63. The third-order valence-electron chi connectivity index (χ3n) is 7.52. The normalized spacial score (nSPS) is 37.1. The summed E-state index contributed by atoms with van der Waals surface area (Å²) >= 11 is 0. The number of ether oxygens (including phenoxy) is 3. The number of halogens is 2. The van der Waals surface area contributed by atoms with Gasteiger partial charge in [0.05, 0.1) is 6.10 Å². The maximum Gasteiger partial charge on any atom is 0.397 e. The molecule has 0 heterocycles. The monoisotopic (exact) mass is 462 g/mol. The Labute approximate surface area is 181 Å². The Bertz CT molecular complexity index is 940. The minimum atomic E-state index is -4.80. The first-order valence-electron chi connectivity index (χ1n) is 10.4. The maximum atomic E-state index is 15.1. The Morgan fingerprint density at radius 1 is 1.29 bits per heavy atom. The Morgan fingerprint density at radius 3 is 2.68 bits per heavy atom. The third kappa shape index (κ3) is 3.86. The molecular formula is C21H28F2O7S. The quantitative estimate of drug-likeness (QED) is 0.512. The molecular weight excluding hydrogens is 434 g/mol. The number of hydrogen-bond acceptors (Lipinski definition) is 6. The molecule has 1 aromatic rings. The number of benzene rings is 1. The predicted octanol–water partition coefficient (Wildman–Crippen LogP) is 3.43. The number of rotatable bonds is 6. The van der Waals surface area contributed by atoms with Crippen molar-refractivity contribution in [1.29, 1.82) is 0 Å². The molecule has 0 spiro atoms. The van der Waals surface area contributed by atoms with Crippen LogP contribution in [0.1, 0.15) is 43.2 Å². The lowest BCUT2D eigenvalue weighted by molar-refractivity contribution is -0.0916. The minimum absolute atomic E-state index is 0.0328. The van der Waals surface area contributed by atoms with Crippen LogP contribution in [0.5, 0.6) is 5.75 Å². The standard InChI is InChI=1S/C21H28F2O7S/c1-21-9-17(28-3)18-11-6-7-16(29-10-27-2)19(23)12(11)4-5-13(18)14(21)8-15(22)20(21)30-31(24,25)26/h6-7,13-15,17-18,20H,4-5,8-10H2,1-3H3,(H,24,25,26)/t13-,14-,15+,17-,18+,20-,21-/m0/s1. The predicted molar refractivity (Wildman–Crippen MR) is 106 cm³/mol. The van der Waals surface area contributed by atoms with Crippen molar-refractivity contribution in [3.8, 4) is 5.75 Å². The Morgan fingerprint density at radius 2 is 2.03 bits per heavy atom. The number of methoxy groups -OCH3 is 2. The van der Waals surface area contributed by atoms with E-state index in [1.165, 1.54) is 7.11 Å². The average molecular weight is 463 g/mol. The fourth-order valence-corrected chi connectivity index (χ4v) is 6.95. The summed E-state index contributed by atoms with van der Waals surface area (Å²) in [5, 5.41) is 0. The van der Waals surface area contributed by atoms with Crippen molar-refractivity contribution in [2.24, 2.45) is 17.3 Å². The van der Waals surface area contributed by atoms with Crippen molar-refractivity contribution >= 4 is 10.4 Å². The molecule has 0 unspecified atom stereocenters. The van der Waals surface area contributed by atoms with Crippen LogP contribution in [0.25, 0.3) is 0 Å². The molecule has 7 nitrogen and oxygen atoms in total. The Hall–Kier alpha value is -1.33. The first-order valence-corrected chi connectivity index (χ1v) is 11.7. The van der Waals surface area contributed by atoms with E-state index >= 15 is 4.39 Å². The first-order chi connectivity index (χ1) is 14.6. The molecule has 3 aliphatic rings. The molecule has 0 radical (unpaired) electrons.